The number of ether oxygens (including phenoxy) is 6. The van der Waals surface area contributed by atoms with Crippen LogP contribution in [-0.2, 0) is 52.4 Å². The molecule has 0 N–H and O–H groups in total. The van der Waals surface area contributed by atoms with Crippen LogP contribution in [0.2, 0.25) is 0 Å². The highest BCUT2D eigenvalue weighted by Gasteiger charge is 2.52. The second-order valence-corrected chi connectivity index (χ2v) is 8.44. The van der Waals surface area contributed by atoms with E-state index in [1.54, 1.807) is 6.92 Å². The van der Waals surface area contributed by atoms with Gasteiger partial charge in [-0.25, -0.2) is 0 Å². The molecule has 0 spiro atoms. The van der Waals surface area contributed by atoms with Crippen molar-refractivity contribution >= 4 is 40.8 Å². The minimum atomic E-state index is -1.29. The van der Waals surface area contributed by atoms with Crippen LogP contribution in [0.5, 0.6) is 0 Å². The van der Waals surface area contributed by atoms with Gasteiger partial charge in [0, 0.05) is 39.9 Å². The van der Waals surface area contributed by atoms with Crippen LogP contribution in [0.4, 0.5) is 0 Å². The van der Waals surface area contributed by atoms with Crippen molar-refractivity contribution in [2.75, 3.05) is 13.2 Å². The molecular weight excluding hydrogens is 436 g/mol. The maximum Gasteiger partial charge on any atom is 0.303 e. The standard InChI is InChI=1S/C19H28O11S/c1-9(31-14(6)24)7-26-19-18(29-13(5)23)17(28-12(4)22)16(27-11(3)21)15(30-19)8-25-10(2)20/h9,15-19H,7-8H2,1-6H3/t9-,15+,16-,17-,18+,19+/m0/s1. The minimum Gasteiger partial charge on any atom is -0.463 e. The highest BCUT2D eigenvalue weighted by atomic mass is 32.2. The van der Waals surface area contributed by atoms with Crippen LogP contribution in [0, 0.1) is 0 Å². The number of hydrogen-bond acceptors (Lipinski definition) is 12. The average Bonchev–Trinajstić information content (AvgIpc) is 2.60. The lowest BCUT2D eigenvalue weighted by Crippen LogP contribution is -2.63. The summed E-state index contributed by atoms with van der Waals surface area (Å²) in [6.07, 6.45) is -6.15. The van der Waals surface area contributed by atoms with Gasteiger partial charge >= 0.3 is 23.9 Å². The van der Waals surface area contributed by atoms with E-state index in [4.69, 9.17) is 28.4 Å². The molecule has 0 aromatic heterocycles. The summed E-state index contributed by atoms with van der Waals surface area (Å²) in [6.45, 7) is 7.44. The summed E-state index contributed by atoms with van der Waals surface area (Å²) in [5.41, 5.74) is 0. The molecule has 1 fully saturated rings. The van der Waals surface area contributed by atoms with Gasteiger partial charge in [0.2, 0.25) is 0 Å². The molecule has 0 aliphatic carbocycles. The molecule has 12 heteroatoms. The van der Waals surface area contributed by atoms with Gasteiger partial charge in [-0.1, -0.05) is 18.7 Å². The molecule has 1 rings (SSSR count). The van der Waals surface area contributed by atoms with E-state index in [1.807, 2.05) is 0 Å². The van der Waals surface area contributed by atoms with Gasteiger partial charge in [-0.2, -0.15) is 0 Å². The maximum absolute atomic E-state index is 11.7. The van der Waals surface area contributed by atoms with Crippen LogP contribution < -0.4 is 0 Å². The van der Waals surface area contributed by atoms with Crippen LogP contribution in [-0.4, -0.2) is 78.2 Å². The van der Waals surface area contributed by atoms with Gasteiger partial charge in [-0.3, -0.25) is 24.0 Å². The van der Waals surface area contributed by atoms with E-state index in [0.29, 0.717) is 0 Å². The van der Waals surface area contributed by atoms with Crippen molar-refractivity contribution in [2.45, 2.75) is 77.5 Å². The number of carbonyl (C=O) groups is 5. The molecule has 0 unspecified atom stereocenters. The van der Waals surface area contributed by atoms with E-state index in [0.717, 1.165) is 32.5 Å². The molecule has 176 valence electrons. The number of rotatable bonds is 9. The van der Waals surface area contributed by atoms with Gasteiger partial charge in [0.15, 0.2) is 29.7 Å². The Hall–Kier alpha value is -2.18. The van der Waals surface area contributed by atoms with E-state index in [1.165, 1.54) is 13.8 Å². The monoisotopic (exact) mass is 464 g/mol. The first kappa shape index (κ1) is 26.9. The smallest absolute Gasteiger partial charge is 0.303 e. The molecule has 1 aliphatic heterocycles. The Morgan fingerprint density at radius 3 is 1.81 bits per heavy atom. The van der Waals surface area contributed by atoms with Gasteiger partial charge in [0.25, 0.3) is 0 Å². The molecule has 0 radical (unpaired) electrons. The van der Waals surface area contributed by atoms with Crippen molar-refractivity contribution in [3.8, 4) is 0 Å². The Labute approximate surface area is 184 Å². The summed E-state index contributed by atoms with van der Waals surface area (Å²) in [7, 11) is 0. The van der Waals surface area contributed by atoms with Gasteiger partial charge < -0.3 is 28.4 Å². The Balaban J connectivity index is 3.22. The third-order valence-electron chi connectivity index (χ3n) is 3.81. The Morgan fingerprint density at radius 2 is 1.32 bits per heavy atom. The molecule has 11 nitrogen and oxygen atoms in total. The first-order chi connectivity index (χ1) is 14.4. The van der Waals surface area contributed by atoms with Crippen LogP contribution in [0.25, 0.3) is 0 Å². The van der Waals surface area contributed by atoms with E-state index in [2.05, 4.69) is 0 Å². The zero-order valence-corrected chi connectivity index (χ0v) is 19.1. The summed E-state index contributed by atoms with van der Waals surface area (Å²) in [6, 6.07) is 0. The summed E-state index contributed by atoms with van der Waals surface area (Å²) in [5.74, 6) is -2.77. The Kier molecular flexibility index (Phi) is 10.9. The molecule has 0 aromatic rings. The van der Waals surface area contributed by atoms with E-state index < -0.39 is 54.6 Å². The predicted octanol–water partition coefficient (Wildman–Crippen LogP) is 0.754. The topological polar surface area (TPSA) is 141 Å². The Bertz CT molecular complexity index is 680. The number of esters is 4. The zero-order chi connectivity index (χ0) is 23.7. The second-order valence-electron chi connectivity index (χ2n) is 6.82. The van der Waals surface area contributed by atoms with Crippen molar-refractivity contribution in [3.05, 3.63) is 0 Å². The fraction of sp³-hybridized carbons (Fsp3) is 0.737. The van der Waals surface area contributed by atoms with Gasteiger partial charge in [-0.05, 0) is 0 Å². The largest absolute Gasteiger partial charge is 0.463 e. The third kappa shape index (κ3) is 9.66. The van der Waals surface area contributed by atoms with Crippen LogP contribution in [0.3, 0.4) is 0 Å². The van der Waals surface area contributed by atoms with E-state index >= 15 is 0 Å². The predicted molar refractivity (Wildman–Crippen MR) is 106 cm³/mol. The second kappa shape index (κ2) is 12.6. The minimum absolute atomic E-state index is 0.0258. The van der Waals surface area contributed by atoms with Crippen LogP contribution in [0.15, 0.2) is 0 Å². The first-order valence-electron chi connectivity index (χ1n) is 9.50. The zero-order valence-electron chi connectivity index (χ0n) is 18.3. The van der Waals surface area contributed by atoms with Crippen LogP contribution in [0.1, 0.15) is 41.5 Å². The molecular formula is C19H28O11S. The highest BCUT2D eigenvalue weighted by molar-refractivity contribution is 8.14. The molecule has 6 atom stereocenters. The summed E-state index contributed by atoms with van der Waals surface area (Å²) >= 11 is 1.04. The molecule has 0 amide bonds. The van der Waals surface area contributed by atoms with Gasteiger partial charge in [0.1, 0.15) is 12.7 Å². The molecule has 0 saturated carbocycles. The maximum atomic E-state index is 11.7. The number of thioether (sulfide) groups is 1. The molecule has 1 saturated heterocycles. The van der Waals surface area contributed by atoms with Gasteiger partial charge in [-0.15, -0.1) is 0 Å². The SMILES string of the molecule is CC(=O)OC[C@H]1O[C@@H](OC[C@H](C)SC(C)=O)[C@H](OC(C)=O)[C@@H](OC(C)=O)[C@H]1OC(C)=O. The third-order valence-corrected chi connectivity index (χ3v) is 4.68. The quantitative estimate of drug-likeness (QED) is 0.351. The van der Waals surface area contributed by atoms with Crippen molar-refractivity contribution in [1.82, 2.24) is 0 Å². The molecule has 31 heavy (non-hydrogen) atoms. The van der Waals surface area contributed by atoms with E-state index in [9.17, 15) is 24.0 Å². The van der Waals surface area contributed by atoms with Crippen molar-refractivity contribution in [1.29, 1.82) is 0 Å². The van der Waals surface area contributed by atoms with E-state index in [-0.39, 0.29) is 23.6 Å². The van der Waals surface area contributed by atoms with Crippen molar-refractivity contribution in [3.63, 3.8) is 0 Å². The first-order valence-corrected chi connectivity index (χ1v) is 10.4. The lowest BCUT2D eigenvalue weighted by Gasteiger charge is -2.44. The normalized spacial score (nSPS) is 26.3. The van der Waals surface area contributed by atoms with Crippen LogP contribution >= 0.6 is 11.8 Å². The molecule has 1 aliphatic rings. The number of carbonyl (C=O) groups excluding carboxylic acids is 5. The Morgan fingerprint density at radius 1 is 0.806 bits per heavy atom. The summed E-state index contributed by atoms with van der Waals surface area (Å²) in [5, 5.41) is -0.373. The lowest BCUT2D eigenvalue weighted by molar-refractivity contribution is -0.307. The fourth-order valence-corrected chi connectivity index (χ4v) is 3.58. The molecule has 0 aromatic carbocycles. The highest BCUT2D eigenvalue weighted by Crippen LogP contribution is 2.30. The molecule has 0 bridgehead atoms. The fourth-order valence-electron chi connectivity index (χ4n) is 2.87. The summed E-state index contributed by atoms with van der Waals surface area (Å²) in [4.78, 5) is 57.6. The molecule has 1 heterocycles. The summed E-state index contributed by atoms with van der Waals surface area (Å²) < 4.78 is 32.3. The van der Waals surface area contributed by atoms with Crippen molar-refractivity contribution in [2.24, 2.45) is 0 Å². The average molecular weight is 464 g/mol. The van der Waals surface area contributed by atoms with Gasteiger partial charge in [0.05, 0.1) is 6.61 Å². The van der Waals surface area contributed by atoms with Crippen molar-refractivity contribution < 1.29 is 52.4 Å². The lowest BCUT2D eigenvalue weighted by atomic mass is 9.98. The number of hydrogen-bond donors (Lipinski definition) is 0.